The highest BCUT2D eigenvalue weighted by atomic mass is 35.5. The van der Waals surface area contributed by atoms with E-state index in [0.29, 0.717) is 12.0 Å². The molecule has 1 atom stereocenters. The Morgan fingerprint density at radius 3 is 2.47 bits per heavy atom. The van der Waals surface area contributed by atoms with Crippen molar-refractivity contribution in [3.63, 3.8) is 0 Å². The summed E-state index contributed by atoms with van der Waals surface area (Å²) >= 11 is 6.41. The lowest BCUT2D eigenvalue weighted by atomic mass is 10.1. The molecule has 0 aliphatic rings. The van der Waals surface area contributed by atoms with Gasteiger partial charge in [-0.05, 0) is 43.5 Å². The Balaban J connectivity index is 2.76. The highest BCUT2D eigenvalue weighted by molar-refractivity contribution is 6.33. The van der Waals surface area contributed by atoms with E-state index in [4.69, 9.17) is 11.6 Å². The van der Waals surface area contributed by atoms with E-state index in [1.54, 1.807) is 0 Å². The molecule has 19 heavy (non-hydrogen) atoms. The van der Waals surface area contributed by atoms with Gasteiger partial charge in [0, 0.05) is 19.6 Å². The van der Waals surface area contributed by atoms with Crippen molar-refractivity contribution in [2.75, 3.05) is 25.0 Å². The molecular formula is C16H27ClN2. The highest BCUT2D eigenvalue weighted by Gasteiger charge is 2.10. The summed E-state index contributed by atoms with van der Waals surface area (Å²) in [6.45, 7) is 10.8. The third kappa shape index (κ3) is 5.04. The normalized spacial score (nSPS) is 12.8. The fourth-order valence-corrected chi connectivity index (χ4v) is 2.43. The molecule has 0 saturated heterocycles. The second kappa shape index (κ2) is 7.76. The molecule has 0 heterocycles. The van der Waals surface area contributed by atoms with Crippen LogP contribution in [-0.2, 0) is 0 Å². The van der Waals surface area contributed by atoms with Crippen LogP contribution < -0.4 is 10.2 Å². The second-order valence-corrected chi connectivity index (χ2v) is 6.00. The molecule has 0 amide bonds. The van der Waals surface area contributed by atoms with E-state index in [-0.39, 0.29) is 0 Å². The van der Waals surface area contributed by atoms with Crippen molar-refractivity contribution < 1.29 is 0 Å². The van der Waals surface area contributed by atoms with Gasteiger partial charge in [0.15, 0.2) is 0 Å². The van der Waals surface area contributed by atoms with Crippen LogP contribution in [0, 0.1) is 5.92 Å². The standard InChI is InChI=1S/C16H27ClN2/c1-6-18-13(4)14-7-8-16(15(17)11-14)19(5)10-9-12(2)3/h7-8,11-13,18H,6,9-10H2,1-5H3. The van der Waals surface area contributed by atoms with Crippen LogP contribution in [0.1, 0.15) is 45.7 Å². The second-order valence-electron chi connectivity index (χ2n) is 5.59. The zero-order chi connectivity index (χ0) is 14.4. The Morgan fingerprint density at radius 2 is 1.95 bits per heavy atom. The van der Waals surface area contributed by atoms with Crippen molar-refractivity contribution in [2.45, 2.75) is 40.2 Å². The van der Waals surface area contributed by atoms with Crippen LogP contribution in [0.4, 0.5) is 5.69 Å². The predicted molar refractivity (Wildman–Crippen MR) is 86.3 cm³/mol. The van der Waals surface area contributed by atoms with E-state index in [2.05, 4.69) is 63.2 Å². The van der Waals surface area contributed by atoms with E-state index in [9.17, 15) is 0 Å². The topological polar surface area (TPSA) is 15.3 Å². The van der Waals surface area contributed by atoms with E-state index < -0.39 is 0 Å². The van der Waals surface area contributed by atoms with Crippen molar-refractivity contribution in [3.05, 3.63) is 28.8 Å². The number of benzene rings is 1. The van der Waals surface area contributed by atoms with Crippen LogP contribution in [0.3, 0.4) is 0 Å². The molecule has 0 spiro atoms. The summed E-state index contributed by atoms with van der Waals surface area (Å²) < 4.78 is 0. The molecule has 1 aromatic rings. The quantitative estimate of drug-likeness (QED) is 0.792. The average Bonchev–Trinajstić information content (AvgIpc) is 2.36. The average molecular weight is 283 g/mol. The molecule has 1 unspecified atom stereocenters. The van der Waals surface area contributed by atoms with E-state index in [1.165, 1.54) is 12.0 Å². The third-order valence-corrected chi connectivity index (χ3v) is 3.74. The van der Waals surface area contributed by atoms with Crippen LogP contribution in [0.15, 0.2) is 18.2 Å². The zero-order valence-corrected chi connectivity index (χ0v) is 13.6. The van der Waals surface area contributed by atoms with Gasteiger partial charge < -0.3 is 10.2 Å². The van der Waals surface area contributed by atoms with Gasteiger partial charge in [-0.2, -0.15) is 0 Å². The number of rotatable bonds is 7. The minimum Gasteiger partial charge on any atom is -0.373 e. The maximum Gasteiger partial charge on any atom is 0.0642 e. The molecule has 0 bridgehead atoms. The van der Waals surface area contributed by atoms with Crippen molar-refractivity contribution in [3.8, 4) is 0 Å². The lowest BCUT2D eigenvalue weighted by Crippen LogP contribution is -2.21. The Labute approximate surface area is 123 Å². The van der Waals surface area contributed by atoms with Gasteiger partial charge >= 0.3 is 0 Å². The van der Waals surface area contributed by atoms with Gasteiger partial charge in [0.2, 0.25) is 0 Å². The molecule has 2 nitrogen and oxygen atoms in total. The molecule has 0 aliphatic heterocycles. The Bertz CT molecular complexity index is 390. The number of nitrogens with one attached hydrogen (secondary N) is 1. The fraction of sp³-hybridized carbons (Fsp3) is 0.625. The fourth-order valence-electron chi connectivity index (χ4n) is 2.10. The maximum atomic E-state index is 6.41. The summed E-state index contributed by atoms with van der Waals surface area (Å²) in [5.74, 6) is 0.717. The third-order valence-electron chi connectivity index (χ3n) is 3.44. The number of hydrogen-bond donors (Lipinski definition) is 1. The first-order valence-corrected chi connectivity index (χ1v) is 7.57. The Kier molecular flexibility index (Phi) is 6.67. The molecule has 1 N–H and O–H groups in total. The molecule has 0 radical (unpaired) electrons. The molecule has 0 aromatic heterocycles. The van der Waals surface area contributed by atoms with Crippen molar-refractivity contribution in [1.82, 2.24) is 5.32 Å². The smallest absolute Gasteiger partial charge is 0.0642 e. The van der Waals surface area contributed by atoms with Crippen molar-refractivity contribution in [1.29, 1.82) is 0 Å². The van der Waals surface area contributed by atoms with E-state index >= 15 is 0 Å². The number of halogens is 1. The maximum absolute atomic E-state index is 6.41. The number of nitrogens with zero attached hydrogens (tertiary/aromatic N) is 1. The molecule has 1 aromatic carbocycles. The number of anilines is 1. The lowest BCUT2D eigenvalue weighted by Gasteiger charge is -2.23. The van der Waals surface area contributed by atoms with Gasteiger partial charge in [-0.25, -0.2) is 0 Å². The minimum absolute atomic E-state index is 0.345. The minimum atomic E-state index is 0.345. The van der Waals surface area contributed by atoms with E-state index in [1.807, 2.05) is 0 Å². The van der Waals surface area contributed by atoms with E-state index in [0.717, 1.165) is 23.8 Å². The van der Waals surface area contributed by atoms with Crippen molar-refractivity contribution in [2.24, 2.45) is 5.92 Å². The highest BCUT2D eigenvalue weighted by Crippen LogP contribution is 2.28. The van der Waals surface area contributed by atoms with Gasteiger partial charge in [-0.15, -0.1) is 0 Å². The van der Waals surface area contributed by atoms with Gasteiger partial charge in [-0.1, -0.05) is 38.4 Å². The summed E-state index contributed by atoms with van der Waals surface area (Å²) in [5, 5.41) is 4.25. The molecule has 3 heteroatoms. The molecule has 108 valence electrons. The first-order valence-electron chi connectivity index (χ1n) is 7.19. The Hall–Kier alpha value is -0.730. The summed E-state index contributed by atoms with van der Waals surface area (Å²) in [7, 11) is 2.11. The monoisotopic (exact) mass is 282 g/mol. The molecule has 1 rings (SSSR count). The predicted octanol–water partition coefficient (Wildman–Crippen LogP) is 4.49. The van der Waals surface area contributed by atoms with Gasteiger partial charge in [0.05, 0.1) is 10.7 Å². The summed E-state index contributed by atoms with van der Waals surface area (Å²) in [6.07, 6.45) is 1.18. The lowest BCUT2D eigenvalue weighted by molar-refractivity contribution is 0.584. The van der Waals surface area contributed by atoms with Gasteiger partial charge in [-0.3, -0.25) is 0 Å². The van der Waals surface area contributed by atoms with Gasteiger partial charge in [0.25, 0.3) is 0 Å². The van der Waals surface area contributed by atoms with Crippen LogP contribution in [0.25, 0.3) is 0 Å². The SMILES string of the molecule is CCNC(C)c1ccc(N(C)CCC(C)C)c(Cl)c1. The molecule has 0 saturated carbocycles. The summed E-state index contributed by atoms with van der Waals surface area (Å²) in [5.41, 5.74) is 2.36. The zero-order valence-electron chi connectivity index (χ0n) is 12.8. The Morgan fingerprint density at radius 1 is 1.26 bits per heavy atom. The van der Waals surface area contributed by atoms with Crippen LogP contribution in [-0.4, -0.2) is 20.1 Å². The summed E-state index contributed by atoms with van der Waals surface area (Å²) in [4.78, 5) is 2.24. The molecule has 0 aliphatic carbocycles. The summed E-state index contributed by atoms with van der Waals surface area (Å²) in [6, 6.07) is 6.72. The number of hydrogen-bond acceptors (Lipinski definition) is 2. The largest absolute Gasteiger partial charge is 0.373 e. The van der Waals surface area contributed by atoms with Crippen LogP contribution in [0.2, 0.25) is 5.02 Å². The molecule has 0 fully saturated rings. The van der Waals surface area contributed by atoms with Crippen LogP contribution in [0.5, 0.6) is 0 Å². The first kappa shape index (κ1) is 16.3. The van der Waals surface area contributed by atoms with Crippen LogP contribution >= 0.6 is 11.6 Å². The van der Waals surface area contributed by atoms with Crippen molar-refractivity contribution >= 4 is 17.3 Å². The molecular weight excluding hydrogens is 256 g/mol. The first-order chi connectivity index (χ1) is 8.95. The van der Waals surface area contributed by atoms with Gasteiger partial charge in [0.1, 0.15) is 0 Å².